The van der Waals surface area contributed by atoms with Crippen molar-refractivity contribution >= 4 is 17.0 Å². The number of nitrogens with zero attached hydrogens (tertiary/aromatic N) is 2. The lowest BCUT2D eigenvalue weighted by molar-refractivity contribution is -0.137. The zero-order valence-corrected chi connectivity index (χ0v) is 14.2. The Morgan fingerprint density at radius 3 is 2.26 bits per heavy atom. The summed E-state index contributed by atoms with van der Waals surface area (Å²) in [4.78, 5) is 15.9. The molecule has 5 nitrogen and oxygen atoms in total. The van der Waals surface area contributed by atoms with Crippen molar-refractivity contribution < 1.29 is 19.0 Å². The van der Waals surface area contributed by atoms with Crippen molar-refractivity contribution in [3.8, 4) is 22.9 Å². The van der Waals surface area contributed by atoms with E-state index in [0.29, 0.717) is 17.3 Å². The fraction of sp³-hybridized carbons (Fsp3) is 0.0476. The third kappa shape index (κ3) is 3.50. The first-order chi connectivity index (χ1) is 13.1. The Bertz CT molecular complexity index is 1100. The molecule has 0 unspecified atom stereocenters. The van der Waals surface area contributed by atoms with E-state index in [9.17, 15) is 14.3 Å². The third-order valence-corrected chi connectivity index (χ3v) is 4.11. The summed E-state index contributed by atoms with van der Waals surface area (Å²) >= 11 is 0. The number of rotatable bonds is 5. The summed E-state index contributed by atoms with van der Waals surface area (Å²) < 4.78 is 20.3. The van der Waals surface area contributed by atoms with Gasteiger partial charge in [0, 0.05) is 5.56 Å². The maximum absolute atomic E-state index is 13.0. The lowest BCUT2D eigenvalue weighted by Crippen LogP contribution is -2.09. The Labute approximate surface area is 154 Å². The highest BCUT2D eigenvalue weighted by Gasteiger charge is 2.14. The molecule has 1 aromatic heterocycles. The van der Waals surface area contributed by atoms with Crippen molar-refractivity contribution in [2.45, 2.75) is 6.54 Å². The number of para-hydroxylation sites is 2. The summed E-state index contributed by atoms with van der Waals surface area (Å²) in [6.07, 6.45) is 0. The highest BCUT2D eigenvalue weighted by molar-refractivity contribution is 5.82. The third-order valence-electron chi connectivity index (χ3n) is 4.11. The van der Waals surface area contributed by atoms with E-state index in [-0.39, 0.29) is 12.4 Å². The van der Waals surface area contributed by atoms with Crippen LogP contribution in [0.1, 0.15) is 0 Å². The lowest BCUT2D eigenvalue weighted by Gasteiger charge is -2.08. The topological polar surface area (TPSA) is 64.3 Å². The highest BCUT2D eigenvalue weighted by Crippen LogP contribution is 2.28. The number of carbonyl (C=O) groups is 1. The number of aromatic nitrogens is 2. The monoisotopic (exact) mass is 362 g/mol. The molecule has 0 amide bonds. The Kier molecular flexibility index (Phi) is 4.30. The van der Waals surface area contributed by atoms with Gasteiger partial charge in [-0.15, -0.1) is 0 Å². The van der Waals surface area contributed by atoms with Crippen LogP contribution in [-0.2, 0) is 11.3 Å². The molecule has 3 aromatic carbocycles. The van der Waals surface area contributed by atoms with Gasteiger partial charge in [-0.05, 0) is 60.7 Å². The van der Waals surface area contributed by atoms with Crippen LogP contribution < -0.4 is 4.74 Å². The predicted molar refractivity (Wildman–Crippen MR) is 99.3 cm³/mol. The summed E-state index contributed by atoms with van der Waals surface area (Å²) in [6, 6.07) is 20.4. The highest BCUT2D eigenvalue weighted by atomic mass is 19.1. The second-order valence-electron chi connectivity index (χ2n) is 5.98. The minimum Gasteiger partial charge on any atom is -0.480 e. The molecule has 0 saturated carbocycles. The molecule has 134 valence electrons. The van der Waals surface area contributed by atoms with Crippen LogP contribution in [0.25, 0.3) is 22.4 Å². The van der Waals surface area contributed by atoms with E-state index in [0.717, 1.165) is 16.6 Å². The number of benzene rings is 3. The van der Waals surface area contributed by atoms with Gasteiger partial charge in [-0.2, -0.15) is 0 Å². The van der Waals surface area contributed by atoms with Crippen LogP contribution >= 0.6 is 0 Å². The number of aliphatic carboxylic acids is 1. The molecule has 1 N–H and O–H groups in total. The number of carboxylic acid groups (broad SMARTS) is 1. The Balaban J connectivity index is 1.67. The number of imidazole rings is 1. The molecule has 0 aliphatic rings. The van der Waals surface area contributed by atoms with Gasteiger partial charge in [0.05, 0.1) is 11.0 Å². The maximum atomic E-state index is 13.0. The first-order valence-electron chi connectivity index (χ1n) is 8.31. The minimum absolute atomic E-state index is 0.177. The van der Waals surface area contributed by atoms with E-state index in [2.05, 4.69) is 4.98 Å². The summed E-state index contributed by atoms with van der Waals surface area (Å²) in [6.45, 7) is -0.177. The molecular formula is C21H15FN2O3. The quantitative estimate of drug-likeness (QED) is 0.558. The van der Waals surface area contributed by atoms with Gasteiger partial charge in [-0.3, -0.25) is 4.79 Å². The van der Waals surface area contributed by atoms with Gasteiger partial charge in [0.25, 0.3) is 0 Å². The number of hydrogen-bond donors (Lipinski definition) is 1. The predicted octanol–water partition coefficient (Wildman–Crippen LogP) is 4.72. The standard InChI is InChI=1S/C21H15FN2O3/c22-15-7-11-17(12-8-15)27-16-9-5-14(6-10-16)21-23-18-3-1-2-4-19(18)24(21)13-20(25)26/h1-12H,13H2,(H,25,26). The molecule has 4 aromatic rings. The maximum Gasteiger partial charge on any atom is 0.323 e. The van der Waals surface area contributed by atoms with Gasteiger partial charge in [0.2, 0.25) is 0 Å². The van der Waals surface area contributed by atoms with Crippen LogP contribution in [0.3, 0.4) is 0 Å². The first kappa shape index (κ1) is 16.8. The molecule has 0 saturated heterocycles. The number of ether oxygens (including phenoxy) is 1. The molecule has 0 bridgehead atoms. The fourth-order valence-corrected chi connectivity index (χ4v) is 2.90. The number of halogens is 1. The normalized spacial score (nSPS) is 10.9. The fourth-order valence-electron chi connectivity index (χ4n) is 2.90. The zero-order valence-electron chi connectivity index (χ0n) is 14.2. The average Bonchev–Trinajstić information content (AvgIpc) is 3.02. The van der Waals surface area contributed by atoms with Crippen LogP contribution in [0.5, 0.6) is 11.5 Å². The molecule has 27 heavy (non-hydrogen) atoms. The molecule has 0 aliphatic carbocycles. The molecule has 6 heteroatoms. The molecule has 0 atom stereocenters. The lowest BCUT2D eigenvalue weighted by atomic mass is 10.2. The number of hydrogen-bond acceptors (Lipinski definition) is 3. The molecule has 0 fully saturated rings. The second-order valence-corrected chi connectivity index (χ2v) is 5.98. The van der Waals surface area contributed by atoms with Crippen LogP contribution in [-0.4, -0.2) is 20.6 Å². The van der Waals surface area contributed by atoms with Crippen LogP contribution in [0, 0.1) is 5.82 Å². The van der Waals surface area contributed by atoms with Crippen molar-refractivity contribution in [3.05, 3.63) is 78.6 Å². The van der Waals surface area contributed by atoms with E-state index in [1.54, 1.807) is 28.8 Å². The van der Waals surface area contributed by atoms with Gasteiger partial charge in [-0.1, -0.05) is 12.1 Å². The van der Waals surface area contributed by atoms with Gasteiger partial charge in [-0.25, -0.2) is 9.37 Å². The van der Waals surface area contributed by atoms with E-state index in [4.69, 9.17) is 4.74 Å². The second kappa shape index (κ2) is 6.92. The molecule has 0 aliphatic heterocycles. The smallest absolute Gasteiger partial charge is 0.323 e. The molecule has 1 heterocycles. The zero-order chi connectivity index (χ0) is 18.8. The van der Waals surface area contributed by atoms with E-state index in [1.807, 2.05) is 36.4 Å². The molecule has 0 spiro atoms. The number of carboxylic acids is 1. The largest absolute Gasteiger partial charge is 0.480 e. The van der Waals surface area contributed by atoms with Crippen molar-refractivity contribution in [3.63, 3.8) is 0 Å². The molecule has 0 radical (unpaired) electrons. The average molecular weight is 362 g/mol. The first-order valence-corrected chi connectivity index (χ1v) is 8.31. The van der Waals surface area contributed by atoms with Crippen LogP contribution in [0.4, 0.5) is 4.39 Å². The van der Waals surface area contributed by atoms with Crippen LogP contribution in [0.2, 0.25) is 0 Å². The van der Waals surface area contributed by atoms with Gasteiger partial charge in [0.1, 0.15) is 29.7 Å². The number of fused-ring (bicyclic) bond motifs is 1. The minimum atomic E-state index is -0.935. The van der Waals surface area contributed by atoms with Crippen molar-refractivity contribution in [1.29, 1.82) is 0 Å². The van der Waals surface area contributed by atoms with Crippen molar-refractivity contribution in [2.75, 3.05) is 0 Å². The van der Waals surface area contributed by atoms with Crippen LogP contribution in [0.15, 0.2) is 72.8 Å². The van der Waals surface area contributed by atoms with Crippen molar-refractivity contribution in [1.82, 2.24) is 9.55 Å². The summed E-state index contributed by atoms with van der Waals surface area (Å²) in [5, 5.41) is 9.25. The van der Waals surface area contributed by atoms with Gasteiger partial charge >= 0.3 is 5.97 Å². The van der Waals surface area contributed by atoms with Crippen molar-refractivity contribution in [2.24, 2.45) is 0 Å². The Morgan fingerprint density at radius 1 is 0.963 bits per heavy atom. The summed E-state index contributed by atoms with van der Waals surface area (Å²) in [7, 11) is 0. The molecular weight excluding hydrogens is 347 g/mol. The van der Waals surface area contributed by atoms with Gasteiger partial charge in [0.15, 0.2) is 0 Å². The van der Waals surface area contributed by atoms with Gasteiger partial charge < -0.3 is 14.4 Å². The Morgan fingerprint density at radius 2 is 1.59 bits per heavy atom. The van der Waals surface area contributed by atoms with E-state index < -0.39 is 5.97 Å². The van der Waals surface area contributed by atoms with E-state index >= 15 is 0 Å². The SMILES string of the molecule is O=C(O)Cn1c(-c2ccc(Oc3ccc(F)cc3)cc2)nc2ccccc21. The molecule has 4 rings (SSSR count). The Hall–Kier alpha value is -3.67. The summed E-state index contributed by atoms with van der Waals surface area (Å²) in [5.74, 6) is 0.436. The van der Waals surface area contributed by atoms with E-state index in [1.165, 1.54) is 12.1 Å². The summed E-state index contributed by atoms with van der Waals surface area (Å²) in [5.41, 5.74) is 2.28.